The van der Waals surface area contributed by atoms with Crippen LogP contribution in [0.5, 0.6) is 0 Å². The van der Waals surface area contributed by atoms with Crippen LogP contribution in [-0.2, 0) is 20.1 Å². The normalized spacial score (nSPS) is 10.6. The Kier molecular flexibility index (Phi) is 14.0. The zero-order valence-electron chi connectivity index (χ0n) is 36.4. The number of fused-ring (bicyclic) bond motifs is 3. The second kappa shape index (κ2) is 21.2. The molecule has 9 aromatic carbocycles. The Morgan fingerprint density at radius 1 is 0.254 bits per heavy atom. The van der Waals surface area contributed by atoms with E-state index in [4.69, 9.17) is 0 Å². The minimum Gasteiger partial charge on any atom is -0.304 e. The van der Waals surface area contributed by atoms with Gasteiger partial charge in [-0.15, -0.1) is 106 Å². The molecule has 3 aromatic heterocycles. The molecule has 0 radical (unpaired) electrons. The molecule has 0 amide bonds. The third-order valence-corrected chi connectivity index (χ3v) is 11.5. The van der Waals surface area contributed by atoms with Gasteiger partial charge in [0.05, 0.1) is 0 Å². The summed E-state index contributed by atoms with van der Waals surface area (Å²) in [5, 5.41) is 7.08. The quantitative estimate of drug-likeness (QED) is 0.156. The summed E-state index contributed by atoms with van der Waals surface area (Å²) < 4.78 is 0. The van der Waals surface area contributed by atoms with Gasteiger partial charge in [-0.25, -0.2) is 0 Å². The standard InChI is InChI=1S/3C21H14N.Ir/c3*1-2-7-16(8-3-1)18-10-6-11-19(15-18)21-20-12-5-4-9-17(20)13-14-22-21;/h3*1-10,12-15H;/q3*-1;+3. The molecule has 0 aliphatic heterocycles. The van der Waals surface area contributed by atoms with Crippen LogP contribution in [0.15, 0.2) is 255 Å². The van der Waals surface area contributed by atoms with Gasteiger partial charge in [0, 0.05) is 18.6 Å². The second-order valence-corrected chi connectivity index (χ2v) is 15.7. The molecule has 4 heteroatoms. The summed E-state index contributed by atoms with van der Waals surface area (Å²) in [6.45, 7) is 0. The number of aromatic nitrogens is 3. The molecule has 0 fully saturated rings. The van der Waals surface area contributed by atoms with Gasteiger partial charge in [-0.3, -0.25) is 0 Å². The number of hydrogen-bond acceptors (Lipinski definition) is 3. The molecule has 3 nitrogen and oxygen atoms in total. The molecule has 67 heavy (non-hydrogen) atoms. The van der Waals surface area contributed by atoms with E-state index in [1.54, 1.807) is 0 Å². The monoisotopic (exact) mass is 1030 g/mol. The predicted octanol–water partition coefficient (Wildman–Crippen LogP) is 16.1. The molecule has 0 N–H and O–H groups in total. The fraction of sp³-hybridized carbons (Fsp3) is 0. The fourth-order valence-electron chi connectivity index (χ4n) is 8.24. The molecule has 0 atom stereocenters. The van der Waals surface area contributed by atoms with Gasteiger partial charge < -0.3 is 15.0 Å². The number of rotatable bonds is 6. The van der Waals surface area contributed by atoms with Crippen LogP contribution in [0.3, 0.4) is 0 Å². The van der Waals surface area contributed by atoms with Crippen LogP contribution in [0.1, 0.15) is 0 Å². The summed E-state index contributed by atoms with van der Waals surface area (Å²) in [5.41, 5.74) is 13.2. The Hall–Kier alpha value is -8.14. The van der Waals surface area contributed by atoms with Crippen molar-refractivity contribution in [3.63, 3.8) is 0 Å². The van der Waals surface area contributed by atoms with E-state index in [2.05, 4.69) is 215 Å². The molecular weight excluding hydrogens is 991 g/mol. The number of nitrogens with zero attached hydrogens (tertiary/aromatic N) is 3. The Labute approximate surface area is 405 Å². The van der Waals surface area contributed by atoms with Gasteiger partial charge in [-0.1, -0.05) is 164 Å². The van der Waals surface area contributed by atoms with Crippen LogP contribution in [-0.4, -0.2) is 15.0 Å². The van der Waals surface area contributed by atoms with Gasteiger partial charge in [0.15, 0.2) is 0 Å². The summed E-state index contributed by atoms with van der Waals surface area (Å²) in [5.74, 6) is 0. The third kappa shape index (κ3) is 10.2. The first kappa shape index (κ1) is 44.1. The molecule has 3 heterocycles. The minimum atomic E-state index is 0. The van der Waals surface area contributed by atoms with Gasteiger partial charge >= 0.3 is 20.1 Å². The summed E-state index contributed by atoms with van der Waals surface area (Å²) >= 11 is 0. The van der Waals surface area contributed by atoms with E-state index in [0.29, 0.717) is 0 Å². The molecule has 0 bridgehead atoms. The first-order chi connectivity index (χ1) is 32.7. The van der Waals surface area contributed by atoms with E-state index in [1.807, 2.05) is 73.2 Å². The van der Waals surface area contributed by atoms with Crippen molar-refractivity contribution >= 4 is 32.3 Å². The largest absolute Gasteiger partial charge is 3.00 e. The van der Waals surface area contributed by atoms with Crippen LogP contribution >= 0.6 is 0 Å². The smallest absolute Gasteiger partial charge is 0.304 e. The zero-order valence-corrected chi connectivity index (χ0v) is 38.8. The summed E-state index contributed by atoms with van der Waals surface area (Å²) in [4.78, 5) is 13.7. The minimum absolute atomic E-state index is 0. The van der Waals surface area contributed by atoms with E-state index >= 15 is 0 Å². The summed E-state index contributed by atoms with van der Waals surface area (Å²) in [6.07, 6.45) is 5.59. The van der Waals surface area contributed by atoms with Crippen LogP contribution in [0.4, 0.5) is 0 Å². The molecule has 12 rings (SSSR count). The molecule has 0 saturated carbocycles. The van der Waals surface area contributed by atoms with Crippen LogP contribution < -0.4 is 0 Å². The predicted molar refractivity (Wildman–Crippen MR) is 274 cm³/mol. The molecule has 318 valence electrons. The number of pyridine rings is 3. The molecule has 0 spiro atoms. The maximum absolute atomic E-state index is 4.58. The molecule has 0 saturated heterocycles. The van der Waals surface area contributed by atoms with Gasteiger partial charge in [0.1, 0.15) is 0 Å². The molecule has 0 aliphatic carbocycles. The van der Waals surface area contributed by atoms with Crippen molar-refractivity contribution in [2.24, 2.45) is 0 Å². The first-order valence-corrected chi connectivity index (χ1v) is 22.0. The average molecular weight is 1030 g/mol. The maximum atomic E-state index is 4.58. The van der Waals surface area contributed by atoms with Gasteiger partial charge in [-0.05, 0) is 84.3 Å². The van der Waals surface area contributed by atoms with Crippen molar-refractivity contribution in [2.75, 3.05) is 0 Å². The summed E-state index contributed by atoms with van der Waals surface area (Å²) in [6, 6.07) is 90.9. The van der Waals surface area contributed by atoms with E-state index in [-0.39, 0.29) is 20.1 Å². The Morgan fingerprint density at radius 3 is 0.821 bits per heavy atom. The van der Waals surface area contributed by atoms with Crippen molar-refractivity contribution in [3.8, 4) is 67.2 Å². The Bertz CT molecular complexity index is 3150. The fourth-order valence-corrected chi connectivity index (χ4v) is 8.24. The van der Waals surface area contributed by atoms with Crippen molar-refractivity contribution in [1.82, 2.24) is 15.0 Å². The van der Waals surface area contributed by atoms with Crippen LogP contribution in [0.25, 0.3) is 99.5 Å². The van der Waals surface area contributed by atoms with Gasteiger partial charge in [-0.2, -0.15) is 0 Å². The number of benzene rings is 9. The maximum Gasteiger partial charge on any atom is 3.00 e. The van der Waals surface area contributed by atoms with Crippen molar-refractivity contribution in [3.05, 3.63) is 273 Å². The molecule has 0 aliphatic rings. The van der Waals surface area contributed by atoms with E-state index in [9.17, 15) is 0 Å². The Balaban J connectivity index is 0.000000125. The van der Waals surface area contributed by atoms with E-state index in [1.165, 1.54) is 49.5 Å². The molecule has 0 unspecified atom stereocenters. The summed E-state index contributed by atoms with van der Waals surface area (Å²) in [7, 11) is 0. The van der Waals surface area contributed by atoms with Gasteiger partial charge in [0.2, 0.25) is 0 Å². The molecular formula is C63H42IrN3. The van der Waals surface area contributed by atoms with E-state index in [0.717, 1.165) is 49.9 Å². The van der Waals surface area contributed by atoms with Crippen molar-refractivity contribution < 1.29 is 20.1 Å². The first-order valence-electron chi connectivity index (χ1n) is 22.0. The third-order valence-electron chi connectivity index (χ3n) is 11.5. The second-order valence-electron chi connectivity index (χ2n) is 15.7. The van der Waals surface area contributed by atoms with Crippen LogP contribution in [0, 0.1) is 18.2 Å². The number of hydrogen-bond donors (Lipinski definition) is 0. The van der Waals surface area contributed by atoms with Crippen molar-refractivity contribution in [1.29, 1.82) is 0 Å². The Morgan fingerprint density at radius 2 is 0.522 bits per heavy atom. The van der Waals surface area contributed by atoms with Crippen molar-refractivity contribution in [2.45, 2.75) is 0 Å². The van der Waals surface area contributed by atoms with E-state index < -0.39 is 0 Å². The molecule has 12 aromatic rings. The topological polar surface area (TPSA) is 38.7 Å². The average Bonchev–Trinajstić information content (AvgIpc) is 3.41. The zero-order chi connectivity index (χ0) is 44.3. The van der Waals surface area contributed by atoms with Crippen LogP contribution in [0.2, 0.25) is 0 Å². The van der Waals surface area contributed by atoms with Gasteiger partial charge in [0.25, 0.3) is 0 Å². The SMILES string of the molecule is [Ir+3].[c-]1ccc(-c2ccccc2)cc1-c1nccc2ccccc12.[c-]1ccc(-c2ccccc2)cc1-c1nccc2ccccc12.[c-]1ccc(-c2ccccc2)cc1-c1nccc2ccccc12.